The summed E-state index contributed by atoms with van der Waals surface area (Å²) in [5, 5.41) is 6.54. The van der Waals surface area contributed by atoms with Gasteiger partial charge < -0.3 is 13.7 Å². The van der Waals surface area contributed by atoms with Gasteiger partial charge in [-0.2, -0.15) is 0 Å². The molecule has 0 bridgehead atoms. The number of hydrogen-bond acceptors (Lipinski definition) is 3. The van der Waals surface area contributed by atoms with Crippen LogP contribution in [-0.2, 0) is 5.41 Å². The first-order chi connectivity index (χ1) is 28.5. The van der Waals surface area contributed by atoms with Crippen LogP contribution in [0.1, 0.15) is 25.0 Å². The Kier molecular flexibility index (Phi) is 6.98. The molecule has 58 heavy (non-hydrogen) atoms. The monoisotopic (exact) mass is 743 g/mol. The lowest BCUT2D eigenvalue weighted by Gasteiger charge is -2.29. The van der Waals surface area contributed by atoms with Crippen molar-refractivity contribution in [1.29, 1.82) is 0 Å². The summed E-state index contributed by atoms with van der Waals surface area (Å²) in [6.45, 7) is 4.69. The molecule has 3 nitrogen and oxygen atoms in total. The molecule has 0 amide bonds. The maximum atomic E-state index is 7.24. The second-order valence-electron chi connectivity index (χ2n) is 16.0. The number of fused-ring (bicyclic) bond motifs is 11. The van der Waals surface area contributed by atoms with Gasteiger partial charge in [-0.1, -0.05) is 159 Å². The quantitative estimate of drug-likeness (QED) is 0.176. The zero-order valence-electron chi connectivity index (χ0n) is 32.2. The fourth-order valence-electron chi connectivity index (χ4n) is 9.72. The Morgan fingerprint density at radius 3 is 1.81 bits per heavy atom. The standard InChI is InChI=1S/C55H37NO2/c1-55(2)46-25-13-11-21-39(46)40-29-28-36(32-47(40)55)56(49-26-15-24-43-41-22-12-14-27-50(41)57-53(43)49)48-31-30-37(34-16-5-3-6-17-34)54-51(48)45-33-44(35-18-7-4-8-19-35)38-20-9-10-23-42(38)52(45)58-54/h3-33H,1-2H3. The van der Waals surface area contributed by atoms with E-state index in [2.05, 4.69) is 201 Å². The summed E-state index contributed by atoms with van der Waals surface area (Å²) >= 11 is 0. The fraction of sp³-hybridized carbons (Fsp3) is 0.0545. The molecule has 0 fully saturated rings. The van der Waals surface area contributed by atoms with Crippen LogP contribution in [0.4, 0.5) is 17.1 Å². The van der Waals surface area contributed by atoms with E-state index in [4.69, 9.17) is 8.83 Å². The first kappa shape index (κ1) is 32.8. The highest BCUT2D eigenvalue weighted by Crippen LogP contribution is 2.54. The van der Waals surface area contributed by atoms with Crippen molar-refractivity contribution >= 4 is 71.7 Å². The molecule has 0 unspecified atom stereocenters. The van der Waals surface area contributed by atoms with Crippen LogP contribution in [0, 0.1) is 0 Å². The van der Waals surface area contributed by atoms with Crippen LogP contribution in [0.3, 0.4) is 0 Å². The van der Waals surface area contributed by atoms with Gasteiger partial charge in [0.05, 0.1) is 16.8 Å². The number of nitrogens with zero attached hydrogens (tertiary/aromatic N) is 1. The van der Waals surface area contributed by atoms with Gasteiger partial charge in [-0.05, 0) is 86.8 Å². The van der Waals surface area contributed by atoms with E-state index in [9.17, 15) is 0 Å². The number of para-hydroxylation sites is 2. The van der Waals surface area contributed by atoms with Gasteiger partial charge in [0, 0.05) is 38.2 Å². The third-order valence-electron chi connectivity index (χ3n) is 12.5. The maximum Gasteiger partial charge on any atom is 0.159 e. The lowest BCUT2D eigenvalue weighted by atomic mass is 9.82. The highest BCUT2D eigenvalue weighted by molar-refractivity contribution is 6.25. The lowest BCUT2D eigenvalue weighted by Crippen LogP contribution is -2.16. The van der Waals surface area contributed by atoms with Crippen LogP contribution in [0.2, 0.25) is 0 Å². The van der Waals surface area contributed by atoms with Crippen LogP contribution in [0.15, 0.2) is 197 Å². The van der Waals surface area contributed by atoms with E-state index in [1.54, 1.807) is 0 Å². The van der Waals surface area contributed by atoms with E-state index in [0.717, 1.165) is 82.8 Å². The molecule has 0 spiro atoms. The summed E-state index contributed by atoms with van der Waals surface area (Å²) in [5.74, 6) is 0. The van der Waals surface area contributed by atoms with Gasteiger partial charge in [-0.3, -0.25) is 0 Å². The van der Waals surface area contributed by atoms with Gasteiger partial charge >= 0.3 is 0 Å². The molecular formula is C55H37NO2. The van der Waals surface area contributed by atoms with Crippen LogP contribution in [0.5, 0.6) is 0 Å². The molecule has 2 aromatic heterocycles. The van der Waals surface area contributed by atoms with Crippen molar-refractivity contribution < 1.29 is 8.83 Å². The number of benzene rings is 9. The summed E-state index contributed by atoms with van der Waals surface area (Å²) in [6.07, 6.45) is 0. The highest BCUT2D eigenvalue weighted by Gasteiger charge is 2.36. The molecule has 1 aliphatic carbocycles. The average molecular weight is 744 g/mol. The Bertz CT molecular complexity index is 3430. The van der Waals surface area contributed by atoms with Crippen molar-refractivity contribution in [3.63, 3.8) is 0 Å². The Morgan fingerprint density at radius 1 is 0.379 bits per heavy atom. The Morgan fingerprint density at radius 2 is 1.00 bits per heavy atom. The van der Waals surface area contributed by atoms with Crippen molar-refractivity contribution in [2.75, 3.05) is 4.90 Å². The number of hydrogen-bond donors (Lipinski definition) is 0. The molecular weight excluding hydrogens is 707 g/mol. The molecule has 0 saturated heterocycles. The van der Waals surface area contributed by atoms with Crippen molar-refractivity contribution in [3.8, 4) is 33.4 Å². The Balaban J connectivity index is 1.23. The number of furan rings is 2. The molecule has 0 N–H and O–H groups in total. The van der Waals surface area contributed by atoms with E-state index >= 15 is 0 Å². The molecule has 3 heteroatoms. The predicted molar refractivity (Wildman–Crippen MR) is 242 cm³/mol. The Hall–Kier alpha value is -7.36. The molecule has 0 saturated carbocycles. The van der Waals surface area contributed by atoms with Crippen molar-refractivity contribution in [2.45, 2.75) is 19.3 Å². The summed E-state index contributed by atoms with van der Waals surface area (Å²) < 4.78 is 14.1. The van der Waals surface area contributed by atoms with E-state index in [1.165, 1.54) is 33.4 Å². The molecule has 274 valence electrons. The van der Waals surface area contributed by atoms with Gasteiger partial charge in [0.1, 0.15) is 16.7 Å². The lowest BCUT2D eigenvalue weighted by molar-refractivity contribution is 0.660. The normalized spacial score (nSPS) is 13.1. The molecule has 9 aromatic carbocycles. The summed E-state index contributed by atoms with van der Waals surface area (Å²) in [5.41, 5.74) is 16.0. The summed E-state index contributed by atoms with van der Waals surface area (Å²) in [7, 11) is 0. The first-order valence-corrected chi connectivity index (χ1v) is 20.0. The van der Waals surface area contributed by atoms with Crippen LogP contribution < -0.4 is 4.90 Å². The third kappa shape index (κ3) is 4.68. The molecule has 0 aliphatic heterocycles. The molecule has 0 atom stereocenters. The van der Waals surface area contributed by atoms with Gasteiger partial charge in [0.25, 0.3) is 0 Å². The maximum absolute atomic E-state index is 7.24. The SMILES string of the molecule is CC1(C)c2ccccc2-c2ccc(N(c3cccc4c3oc3ccccc34)c3ccc(-c4ccccc4)c4oc5c6ccccc6c(-c6ccccc6)cc5c34)cc21. The van der Waals surface area contributed by atoms with E-state index in [-0.39, 0.29) is 5.41 Å². The van der Waals surface area contributed by atoms with Crippen LogP contribution in [-0.4, -0.2) is 0 Å². The van der Waals surface area contributed by atoms with Crippen LogP contribution in [0.25, 0.3) is 88.0 Å². The molecule has 0 radical (unpaired) electrons. The topological polar surface area (TPSA) is 29.5 Å². The largest absolute Gasteiger partial charge is 0.455 e. The Labute approximate surface area is 336 Å². The van der Waals surface area contributed by atoms with Gasteiger partial charge in [0.15, 0.2) is 5.58 Å². The summed E-state index contributed by atoms with van der Waals surface area (Å²) in [4.78, 5) is 2.41. The summed E-state index contributed by atoms with van der Waals surface area (Å²) in [6, 6.07) is 67.5. The van der Waals surface area contributed by atoms with Crippen molar-refractivity contribution in [3.05, 3.63) is 199 Å². The average Bonchev–Trinajstić information content (AvgIpc) is 3.93. The smallest absolute Gasteiger partial charge is 0.159 e. The molecule has 1 aliphatic rings. The second-order valence-corrected chi connectivity index (χ2v) is 16.0. The second kappa shape index (κ2) is 12.3. The molecule has 11 aromatic rings. The first-order valence-electron chi connectivity index (χ1n) is 20.0. The van der Waals surface area contributed by atoms with Gasteiger partial charge in [0.2, 0.25) is 0 Å². The van der Waals surface area contributed by atoms with E-state index < -0.39 is 0 Å². The van der Waals surface area contributed by atoms with E-state index in [1.807, 2.05) is 6.07 Å². The number of rotatable bonds is 5. The minimum absolute atomic E-state index is 0.183. The third-order valence-corrected chi connectivity index (χ3v) is 12.5. The zero-order chi connectivity index (χ0) is 38.5. The number of anilines is 3. The van der Waals surface area contributed by atoms with Gasteiger partial charge in [-0.25, -0.2) is 0 Å². The molecule has 2 heterocycles. The fourth-order valence-corrected chi connectivity index (χ4v) is 9.72. The highest BCUT2D eigenvalue weighted by atomic mass is 16.3. The minimum atomic E-state index is -0.183. The van der Waals surface area contributed by atoms with Crippen molar-refractivity contribution in [1.82, 2.24) is 0 Å². The van der Waals surface area contributed by atoms with E-state index in [0.29, 0.717) is 0 Å². The predicted octanol–water partition coefficient (Wildman–Crippen LogP) is 15.7. The van der Waals surface area contributed by atoms with Gasteiger partial charge in [-0.15, -0.1) is 0 Å². The van der Waals surface area contributed by atoms with Crippen LogP contribution >= 0.6 is 0 Å². The zero-order valence-corrected chi connectivity index (χ0v) is 32.2. The van der Waals surface area contributed by atoms with Crippen molar-refractivity contribution in [2.24, 2.45) is 0 Å². The molecule has 12 rings (SSSR count). The minimum Gasteiger partial charge on any atom is -0.455 e.